The Balaban J connectivity index is 2.04. The first-order valence-corrected chi connectivity index (χ1v) is 5.47. The van der Waals surface area contributed by atoms with Gasteiger partial charge in [-0.2, -0.15) is 0 Å². The molecule has 0 atom stereocenters. The monoisotopic (exact) mass is 243 g/mol. The van der Waals surface area contributed by atoms with Gasteiger partial charge in [-0.15, -0.1) is 0 Å². The van der Waals surface area contributed by atoms with Gasteiger partial charge in [0.25, 0.3) is 0 Å². The van der Waals surface area contributed by atoms with Gasteiger partial charge in [0.05, 0.1) is 7.11 Å². The van der Waals surface area contributed by atoms with E-state index in [1.54, 1.807) is 30.7 Å². The maximum Gasteiger partial charge on any atom is 0.356 e. The van der Waals surface area contributed by atoms with Gasteiger partial charge in [-0.3, -0.25) is 4.98 Å². The lowest BCUT2D eigenvalue weighted by Crippen LogP contribution is -2.06. The van der Waals surface area contributed by atoms with E-state index in [0.717, 1.165) is 11.3 Å². The largest absolute Gasteiger partial charge is 0.464 e. The molecule has 5 nitrogen and oxygen atoms in total. The molecule has 1 N–H and O–H groups in total. The molecule has 0 amide bonds. The van der Waals surface area contributed by atoms with Crippen molar-refractivity contribution in [2.75, 3.05) is 12.4 Å². The van der Waals surface area contributed by atoms with Crippen LogP contribution in [-0.4, -0.2) is 23.0 Å². The van der Waals surface area contributed by atoms with Crippen LogP contribution in [0.5, 0.6) is 0 Å². The van der Waals surface area contributed by atoms with E-state index < -0.39 is 5.97 Å². The fourth-order valence-corrected chi connectivity index (χ4v) is 1.46. The molecule has 5 heteroatoms. The fourth-order valence-electron chi connectivity index (χ4n) is 1.46. The van der Waals surface area contributed by atoms with Crippen LogP contribution < -0.4 is 5.32 Å². The maximum atomic E-state index is 11.3. The van der Waals surface area contributed by atoms with Crippen molar-refractivity contribution in [3.63, 3.8) is 0 Å². The smallest absolute Gasteiger partial charge is 0.356 e. The average molecular weight is 243 g/mol. The van der Waals surface area contributed by atoms with Crippen LogP contribution >= 0.6 is 0 Å². The molecule has 0 spiro atoms. The minimum Gasteiger partial charge on any atom is -0.464 e. The SMILES string of the molecule is COC(=O)c1cc(NCc2ccncc2)ccn1. The lowest BCUT2D eigenvalue weighted by molar-refractivity contribution is 0.0594. The van der Waals surface area contributed by atoms with Gasteiger partial charge in [-0.25, -0.2) is 9.78 Å². The Labute approximate surface area is 105 Å². The molecule has 0 radical (unpaired) electrons. The third-order valence-electron chi connectivity index (χ3n) is 2.40. The molecule has 2 aromatic heterocycles. The Kier molecular flexibility index (Phi) is 3.86. The Morgan fingerprint density at radius 2 is 2.06 bits per heavy atom. The molecule has 2 aromatic rings. The summed E-state index contributed by atoms with van der Waals surface area (Å²) in [5, 5.41) is 3.20. The number of rotatable bonds is 4. The molecular formula is C13H13N3O2. The summed E-state index contributed by atoms with van der Waals surface area (Å²) in [7, 11) is 1.33. The predicted molar refractivity (Wildman–Crippen MR) is 67.1 cm³/mol. The minimum atomic E-state index is -0.442. The minimum absolute atomic E-state index is 0.289. The van der Waals surface area contributed by atoms with Crippen molar-refractivity contribution >= 4 is 11.7 Å². The van der Waals surface area contributed by atoms with Crippen molar-refractivity contribution in [2.45, 2.75) is 6.54 Å². The van der Waals surface area contributed by atoms with E-state index in [1.807, 2.05) is 12.1 Å². The second kappa shape index (κ2) is 5.77. The van der Waals surface area contributed by atoms with Crippen molar-refractivity contribution in [2.24, 2.45) is 0 Å². The molecule has 92 valence electrons. The Hall–Kier alpha value is -2.43. The van der Waals surface area contributed by atoms with E-state index in [4.69, 9.17) is 0 Å². The number of methoxy groups -OCH3 is 1. The number of hydrogen-bond acceptors (Lipinski definition) is 5. The number of nitrogens with one attached hydrogen (secondary N) is 1. The molecule has 0 fully saturated rings. The van der Waals surface area contributed by atoms with Gasteiger partial charge < -0.3 is 10.1 Å². The zero-order valence-electron chi connectivity index (χ0n) is 9.96. The number of esters is 1. The maximum absolute atomic E-state index is 11.3. The van der Waals surface area contributed by atoms with Gasteiger partial charge >= 0.3 is 5.97 Å². The molecular weight excluding hydrogens is 230 g/mol. The summed E-state index contributed by atoms with van der Waals surface area (Å²) in [6.07, 6.45) is 5.05. The van der Waals surface area contributed by atoms with Gasteiger partial charge in [0.2, 0.25) is 0 Å². The summed E-state index contributed by atoms with van der Waals surface area (Å²) in [5.74, 6) is -0.442. The predicted octanol–water partition coefficient (Wildman–Crippen LogP) is 1.88. The van der Waals surface area contributed by atoms with E-state index in [2.05, 4.69) is 20.0 Å². The van der Waals surface area contributed by atoms with Crippen LogP contribution in [0.1, 0.15) is 16.1 Å². The van der Waals surface area contributed by atoms with Crippen LogP contribution in [0.15, 0.2) is 42.9 Å². The van der Waals surface area contributed by atoms with Gasteiger partial charge in [-0.1, -0.05) is 0 Å². The van der Waals surface area contributed by atoms with Crippen LogP contribution in [-0.2, 0) is 11.3 Å². The lowest BCUT2D eigenvalue weighted by Gasteiger charge is -2.07. The summed E-state index contributed by atoms with van der Waals surface area (Å²) < 4.78 is 4.62. The fraction of sp³-hybridized carbons (Fsp3) is 0.154. The standard InChI is InChI=1S/C13H13N3O2/c1-18-13(17)12-8-11(4-7-15-12)16-9-10-2-5-14-6-3-10/h2-8H,9H2,1H3,(H,15,16). The number of ether oxygens (including phenoxy) is 1. The highest BCUT2D eigenvalue weighted by molar-refractivity contribution is 5.88. The van der Waals surface area contributed by atoms with Crippen molar-refractivity contribution in [1.82, 2.24) is 9.97 Å². The quantitative estimate of drug-likeness (QED) is 0.830. The summed E-state index contributed by atoms with van der Waals surface area (Å²) in [5.41, 5.74) is 2.22. The summed E-state index contributed by atoms with van der Waals surface area (Å²) in [6.45, 7) is 0.660. The van der Waals surface area contributed by atoms with E-state index in [9.17, 15) is 4.79 Å². The highest BCUT2D eigenvalue weighted by Crippen LogP contribution is 2.10. The molecule has 18 heavy (non-hydrogen) atoms. The summed E-state index contributed by atoms with van der Waals surface area (Å²) in [4.78, 5) is 19.2. The first kappa shape index (κ1) is 12.0. The molecule has 0 aromatic carbocycles. The van der Waals surface area contributed by atoms with Crippen LogP contribution in [0, 0.1) is 0 Å². The van der Waals surface area contributed by atoms with E-state index in [-0.39, 0.29) is 5.69 Å². The second-order valence-corrected chi connectivity index (χ2v) is 3.63. The first-order chi connectivity index (χ1) is 8.79. The normalized spacial score (nSPS) is 9.83. The van der Waals surface area contributed by atoms with Crippen LogP contribution in [0.3, 0.4) is 0 Å². The van der Waals surface area contributed by atoms with Crippen molar-refractivity contribution < 1.29 is 9.53 Å². The Bertz CT molecular complexity index is 529. The summed E-state index contributed by atoms with van der Waals surface area (Å²) in [6, 6.07) is 7.31. The molecule has 0 aliphatic heterocycles. The average Bonchev–Trinajstić information content (AvgIpc) is 2.45. The molecule has 0 saturated heterocycles. The molecule has 2 heterocycles. The first-order valence-electron chi connectivity index (χ1n) is 5.47. The van der Waals surface area contributed by atoms with E-state index in [1.165, 1.54) is 7.11 Å². The topological polar surface area (TPSA) is 64.1 Å². The lowest BCUT2D eigenvalue weighted by atomic mass is 10.2. The molecule has 0 saturated carbocycles. The van der Waals surface area contributed by atoms with Crippen LogP contribution in [0.4, 0.5) is 5.69 Å². The molecule has 0 unspecified atom stereocenters. The Morgan fingerprint density at radius 3 is 2.78 bits per heavy atom. The zero-order valence-corrected chi connectivity index (χ0v) is 9.96. The second-order valence-electron chi connectivity index (χ2n) is 3.63. The third-order valence-corrected chi connectivity index (χ3v) is 2.40. The number of pyridine rings is 2. The molecule has 2 rings (SSSR count). The third kappa shape index (κ3) is 3.04. The number of aromatic nitrogens is 2. The number of carbonyl (C=O) groups is 1. The highest BCUT2D eigenvalue weighted by Gasteiger charge is 2.06. The molecule has 0 bridgehead atoms. The van der Waals surface area contributed by atoms with Crippen LogP contribution in [0.2, 0.25) is 0 Å². The Morgan fingerprint density at radius 1 is 1.28 bits per heavy atom. The number of anilines is 1. The van der Waals surface area contributed by atoms with Gasteiger partial charge in [0.15, 0.2) is 0 Å². The van der Waals surface area contributed by atoms with Crippen molar-refractivity contribution in [3.05, 3.63) is 54.1 Å². The van der Waals surface area contributed by atoms with Crippen LogP contribution in [0.25, 0.3) is 0 Å². The van der Waals surface area contributed by atoms with Gasteiger partial charge in [-0.05, 0) is 29.8 Å². The molecule has 0 aliphatic rings. The number of hydrogen-bond donors (Lipinski definition) is 1. The highest BCUT2D eigenvalue weighted by atomic mass is 16.5. The van der Waals surface area contributed by atoms with Gasteiger partial charge in [0.1, 0.15) is 5.69 Å². The number of nitrogens with zero attached hydrogens (tertiary/aromatic N) is 2. The molecule has 0 aliphatic carbocycles. The van der Waals surface area contributed by atoms with E-state index in [0.29, 0.717) is 6.54 Å². The van der Waals surface area contributed by atoms with Gasteiger partial charge in [0, 0.05) is 30.8 Å². The zero-order chi connectivity index (χ0) is 12.8. The van der Waals surface area contributed by atoms with Crippen molar-refractivity contribution in [1.29, 1.82) is 0 Å². The van der Waals surface area contributed by atoms with Crippen molar-refractivity contribution in [3.8, 4) is 0 Å². The number of carbonyl (C=O) groups excluding carboxylic acids is 1. The summed E-state index contributed by atoms with van der Waals surface area (Å²) >= 11 is 0. The van der Waals surface area contributed by atoms with E-state index >= 15 is 0 Å².